The van der Waals surface area contributed by atoms with Crippen LogP contribution in [0.25, 0.3) is 59.4 Å². The van der Waals surface area contributed by atoms with Crippen molar-refractivity contribution in [2.45, 2.75) is 101 Å². The molecular formula is C58H50N4. The third-order valence-corrected chi connectivity index (χ3v) is 16.9. The minimum absolute atomic E-state index is 0.0101. The van der Waals surface area contributed by atoms with Crippen LogP contribution in [0.2, 0.25) is 0 Å². The summed E-state index contributed by atoms with van der Waals surface area (Å²) in [6.45, 7) is 17.4. The SMILES string of the molecule is [C-]#[N+]c1ccc(N2c3ccc(-c4cc5ccc6cc(-c7ccc8c(c7)C7(C)CCCCC7(C)N8c7ccc(C#N)cc7)cc7ccc(c4)c5c67)cc3C3(C)CCCCC23C)cc1. The first-order chi connectivity index (χ1) is 30.1. The van der Waals surface area contributed by atoms with Crippen molar-refractivity contribution in [1.29, 1.82) is 5.26 Å². The van der Waals surface area contributed by atoms with E-state index in [1.165, 1.54) is 121 Å². The van der Waals surface area contributed by atoms with Crippen molar-refractivity contribution in [3.63, 3.8) is 0 Å². The predicted octanol–water partition coefficient (Wildman–Crippen LogP) is 15.8. The standard InChI is InChI=1S/C58H50N4/c1-55-26-6-8-28-57(55,3)61(47-20-10-37(36-59)11-21-47)51-24-16-38(34-49(51)55)44-30-40-12-14-42-32-45(33-43-15-13-41(31-44)53(40)54(42)43)39-17-25-52-50(35-39)56(2)27-7-9-29-58(56,4)62(52)48-22-18-46(60-5)19-23-48/h10-25,30-35H,6-9,26-29H2,1-4H3. The molecule has 2 fully saturated rings. The average Bonchev–Trinajstić information content (AvgIpc) is 3.64. The van der Waals surface area contributed by atoms with Gasteiger partial charge in [-0.15, -0.1) is 0 Å². The third-order valence-electron chi connectivity index (χ3n) is 16.9. The molecule has 4 aliphatic rings. The molecule has 0 spiro atoms. The zero-order chi connectivity index (χ0) is 42.2. The first-order valence-corrected chi connectivity index (χ1v) is 22.7. The van der Waals surface area contributed by atoms with E-state index in [9.17, 15) is 5.26 Å². The van der Waals surface area contributed by atoms with E-state index in [-0.39, 0.29) is 21.9 Å². The highest BCUT2D eigenvalue weighted by Gasteiger charge is 2.59. The Labute approximate surface area is 365 Å². The molecule has 8 aromatic rings. The monoisotopic (exact) mass is 802 g/mol. The highest BCUT2D eigenvalue weighted by molar-refractivity contribution is 6.24. The maximum absolute atomic E-state index is 9.52. The first kappa shape index (κ1) is 37.2. The number of nitriles is 1. The summed E-state index contributed by atoms with van der Waals surface area (Å²) in [6, 6.07) is 52.1. The van der Waals surface area contributed by atoms with Crippen molar-refractivity contribution in [1.82, 2.24) is 0 Å². The molecule has 2 saturated carbocycles. The van der Waals surface area contributed by atoms with Crippen molar-refractivity contribution in [3.8, 4) is 28.3 Å². The Hall–Kier alpha value is -6.62. The summed E-state index contributed by atoms with van der Waals surface area (Å²) >= 11 is 0. The van der Waals surface area contributed by atoms with E-state index in [0.29, 0.717) is 11.3 Å². The molecule has 2 aliphatic heterocycles. The summed E-state index contributed by atoms with van der Waals surface area (Å²) in [4.78, 5) is 8.85. The Bertz CT molecular complexity index is 2960. The summed E-state index contributed by atoms with van der Waals surface area (Å²) in [6.07, 6.45) is 9.55. The van der Waals surface area contributed by atoms with Crippen LogP contribution in [0.4, 0.5) is 28.4 Å². The second-order valence-corrected chi connectivity index (χ2v) is 19.8. The molecule has 0 amide bonds. The second-order valence-electron chi connectivity index (χ2n) is 19.8. The molecule has 8 aromatic carbocycles. The summed E-state index contributed by atoms with van der Waals surface area (Å²) < 4.78 is 0. The highest BCUT2D eigenvalue weighted by Crippen LogP contribution is 2.63. The van der Waals surface area contributed by atoms with E-state index in [4.69, 9.17) is 6.57 Å². The maximum Gasteiger partial charge on any atom is 0.187 e. The van der Waals surface area contributed by atoms with Crippen molar-refractivity contribution < 1.29 is 0 Å². The number of benzene rings is 8. The molecule has 12 rings (SSSR count). The Morgan fingerprint density at radius 1 is 0.484 bits per heavy atom. The third kappa shape index (κ3) is 4.87. The van der Waals surface area contributed by atoms with Crippen LogP contribution in [0.5, 0.6) is 0 Å². The van der Waals surface area contributed by atoms with Crippen LogP contribution in [0.3, 0.4) is 0 Å². The molecule has 4 atom stereocenters. The lowest BCUT2D eigenvalue weighted by Crippen LogP contribution is -2.54. The highest BCUT2D eigenvalue weighted by atomic mass is 15.3. The first-order valence-electron chi connectivity index (χ1n) is 22.7. The van der Waals surface area contributed by atoms with Crippen molar-refractivity contribution in [2.24, 2.45) is 0 Å². The van der Waals surface area contributed by atoms with E-state index in [2.05, 4.69) is 158 Å². The lowest BCUT2D eigenvalue weighted by atomic mass is 9.61. The Balaban J connectivity index is 0.935. The van der Waals surface area contributed by atoms with Crippen LogP contribution in [-0.2, 0) is 10.8 Å². The molecule has 4 heteroatoms. The lowest BCUT2D eigenvalue weighted by molar-refractivity contribution is 0.195. The molecule has 62 heavy (non-hydrogen) atoms. The zero-order valence-electron chi connectivity index (χ0n) is 36.1. The van der Waals surface area contributed by atoms with Gasteiger partial charge >= 0.3 is 0 Å². The van der Waals surface area contributed by atoms with Crippen LogP contribution < -0.4 is 9.80 Å². The van der Waals surface area contributed by atoms with Gasteiger partial charge in [0.05, 0.1) is 29.3 Å². The average molecular weight is 803 g/mol. The summed E-state index contributed by atoms with van der Waals surface area (Å²) in [5.74, 6) is 0. The number of nitrogens with zero attached hydrogens (tertiary/aromatic N) is 4. The molecule has 0 aromatic heterocycles. The molecule has 302 valence electrons. The molecular weight excluding hydrogens is 753 g/mol. The van der Waals surface area contributed by atoms with Crippen LogP contribution in [-0.4, -0.2) is 11.1 Å². The van der Waals surface area contributed by atoms with Crippen LogP contribution in [0.15, 0.2) is 133 Å². The fourth-order valence-corrected chi connectivity index (χ4v) is 13.2. The van der Waals surface area contributed by atoms with Gasteiger partial charge in [-0.3, -0.25) is 0 Å². The molecule has 0 bridgehead atoms. The van der Waals surface area contributed by atoms with E-state index in [1.54, 1.807) is 0 Å². The van der Waals surface area contributed by atoms with Crippen LogP contribution >= 0.6 is 0 Å². The van der Waals surface area contributed by atoms with Gasteiger partial charge in [0.1, 0.15) is 0 Å². The Morgan fingerprint density at radius 2 is 0.887 bits per heavy atom. The quantitative estimate of drug-likeness (QED) is 0.131. The minimum atomic E-state index is -0.0474. The smallest absolute Gasteiger partial charge is 0.187 e. The molecule has 0 N–H and O–H groups in total. The van der Waals surface area contributed by atoms with Gasteiger partial charge < -0.3 is 9.80 Å². The van der Waals surface area contributed by atoms with E-state index < -0.39 is 0 Å². The van der Waals surface area contributed by atoms with Crippen molar-refractivity contribution in [3.05, 3.63) is 162 Å². The number of hydrogen-bond acceptors (Lipinski definition) is 3. The summed E-state index contributed by atoms with van der Waals surface area (Å²) in [5.41, 5.74) is 14.2. The van der Waals surface area contributed by atoms with E-state index >= 15 is 0 Å². The maximum atomic E-state index is 9.52. The van der Waals surface area contributed by atoms with Gasteiger partial charge in [0, 0.05) is 33.6 Å². The topological polar surface area (TPSA) is 34.6 Å². The Morgan fingerprint density at radius 3 is 1.29 bits per heavy atom. The fraction of sp³-hybridized carbons (Fsp3) is 0.276. The van der Waals surface area contributed by atoms with Gasteiger partial charge in [0.15, 0.2) is 5.69 Å². The number of rotatable bonds is 4. The van der Waals surface area contributed by atoms with Gasteiger partial charge in [0.2, 0.25) is 0 Å². The van der Waals surface area contributed by atoms with Crippen molar-refractivity contribution >= 4 is 60.8 Å². The number of hydrogen-bond donors (Lipinski definition) is 0. The summed E-state index contributed by atoms with van der Waals surface area (Å²) in [5, 5.41) is 17.3. The van der Waals surface area contributed by atoms with Gasteiger partial charge in [0.25, 0.3) is 0 Å². The normalized spacial score (nSPS) is 25.1. The fourth-order valence-electron chi connectivity index (χ4n) is 13.2. The largest absolute Gasteiger partial charge is 0.335 e. The van der Waals surface area contributed by atoms with Crippen molar-refractivity contribution in [2.75, 3.05) is 9.80 Å². The lowest BCUT2D eigenvalue weighted by Gasteiger charge is -2.50. The van der Waals surface area contributed by atoms with E-state index in [1.807, 2.05) is 24.3 Å². The minimum Gasteiger partial charge on any atom is -0.335 e. The van der Waals surface area contributed by atoms with E-state index in [0.717, 1.165) is 19.3 Å². The molecule has 2 heterocycles. The predicted molar refractivity (Wildman–Crippen MR) is 258 cm³/mol. The molecule has 2 aliphatic carbocycles. The van der Waals surface area contributed by atoms with Gasteiger partial charge in [-0.2, -0.15) is 5.26 Å². The molecule has 0 saturated heterocycles. The number of anilines is 4. The molecule has 4 nitrogen and oxygen atoms in total. The Kier molecular flexibility index (Phi) is 7.76. The van der Waals surface area contributed by atoms with Crippen LogP contribution in [0.1, 0.15) is 95.8 Å². The molecule has 0 radical (unpaired) electrons. The van der Waals surface area contributed by atoms with Gasteiger partial charge in [-0.1, -0.05) is 88.1 Å². The summed E-state index contributed by atoms with van der Waals surface area (Å²) in [7, 11) is 0. The van der Waals surface area contributed by atoms with Gasteiger partial charge in [-0.05, 0) is 190 Å². The number of fused-ring (bicyclic) bond motifs is 6. The van der Waals surface area contributed by atoms with Crippen LogP contribution in [0, 0.1) is 17.9 Å². The molecule has 4 unspecified atom stereocenters. The zero-order valence-corrected chi connectivity index (χ0v) is 36.1. The van der Waals surface area contributed by atoms with Gasteiger partial charge in [-0.25, -0.2) is 4.85 Å². The second kappa shape index (κ2) is 13.0.